The van der Waals surface area contributed by atoms with Gasteiger partial charge in [-0.3, -0.25) is 9.78 Å². The molecule has 0 unspecified atom stereocenters. The summed E-state index contributed by atoms with van der Waals surface area (Å²) < 4.78 is 0. The maximum atomic E-state index is 11.8. The minimum atomic E-state index is -0.0922. The Kier molecular flexibility index (Phi) is 3.68. The third kappa shape index (κ3) is 3.11. The van der Waals surface area contributed by atoms with Crippen LogP contribution in [0.25, 0.3) is 11.2 Å². The second kappa shape index (κ2) is 5.95. The Morgan fingerprint density at radius 3 is 3.10 bits per heavy atom. The molecule has 3 rings (SSSR count). The van der Waals surface area contributed by atoms with Crippen LogP contribution in [0.2, 0.25) is 0 Å². The van der Waals surface area contributed by atoms with Crippen LogP contribution in [0.5, 0.6) is 0 Å². The average molecular weight is 283 g/mol. The first-order valence-corrected chi connectivity index (χ1v) is 6.41. The van der Waals surface area contributed by atoms with Crippen molar-refractivity contribution in [3.63, 3.8) is 0 Å². The van der Waals surface area contributed by atoms with Gasteiger partial charge in [0, 0.05) is 19.2 Å². The summed E-state index contributed by atoms with van der Waals surface area (Å²) in [6.07, 6.45) is 6.56. The lowest BCUT2D eigenvalue weighted by molar-refractivity contribution is -0.115. The minimum Gasteiger partial charge on any atom is -0.368 e. The summed E-state index contributed by atoms with van der Waals surface area (Å²) in [5.41, 5.74) is 2.00. The monoisotopic (exact) mass is 283 g/mol. The van der Waals surface area contributed by atoms with Gasteiger partial charge in [0.2, 0.25) is 5.91 Å². The maximum Gasteiger partial charge on any atom is 0.226 e. The zero-order chi connectivity index (χ0) is 14.5. The third-order valence-electron chi connectivity index (χ3n) is 2.81. The van der Waals surface area contributed by atoms with Crippen molar-refractivity contribution in [1.29, 1.82) is 0 Å². The normalized spacial score (nSPS) is 10.5. The molecule has 8 nitrogen and oxygen atoms in total. The number of hydrogen-bond donors (Lipinski definition) is 3. The van der Waals surface area contributed by atoms with Crippen LogP contribution in [0.4, 0.5) is 11.5 Å². The summed E-state index contributed by atoms with van der Waals surface area (Å²) in [6.45, 7) is 0.456. The van der Waals surface area contributed by atoms with E-state index in [1.165, 1.54) is 6.33 Å². The SMILES string of the molecule is O=C(CCNc1ncnc2nc[nH]c12)Nc1cccnc1. The third-order valence-corrected chi connectivity index (χ3v) is 2.81. The molecule has 0 spiro atoms. The van der Waals surface area contributed by atoms with Gasteiger partial charge in [-0.15, -0.1) is 0 Å². The molecule has 0 saturated heterocycles. The molecular weight excluding hydrogens is 270 g/mol. The zero-order valence-corrected chi connectivity index (χ0v) is 11.1. The van der Waals surface area contributed by atoms with Crippen molar-refractivity contribution in [2.75, 3.05) is 17.2 Å². The Bertz CT molecular complexity index is 740. The predicted octanol–water partition coefficient (Wildman–Crippen LogP) is 1.19. The molecule has 0 saturated carbocycles. The van der Waals surface area contributed by atoms with E-state index >= 15 is 0 Å². The number of carbonyl (C=O) groups is 1. The number of anilines is 2. The van der Waals surface area contributed by atoms with Crippen molar-refractivity contribution in [2.45, 2.75) is 6.42 Å². The van der Waals surface area contributed by atoms with Crippen LogP contribution in [0.15, 0.2) is 37.2 Å². The van der Waals surface area contributed by atoms with E-state index in [-0.39, 0.29) is 5.91 Å². The van der Waals surface area contributed by atoms with E-state index in [0.717, 1.165) is 5.52 Å². The molecule has 1 amide bonds. The maximum absolute atomic E-state index is 11.8. The number of nitrogens with zero attached hydrogens (tertiary/aromatic N) is 4. The van der Waals surface area contributed by atoms with Gasteiger partial charge in [-0.2, -0.15) is 0 Å². The Morgan fingerprint density at radius 2 is 2.24 bits per heavy atom. The number of nitrogens with one attached hydrogen (secondary N) is 3. The van der Waals surface area contributed by atoms with Crippen molar-refractivity contribution in [1.82, 2.24) is 24.9 Å². The van der Waals surface area contributed by atoms with Crippen molar-refractivity contribution in [3.05, 3.63) is 37.2 Å². The number of rotatable bonds is 5. The molecule has 3 heterocycles. The fourth-order valence-electron chi connectivity index (χ4n) is 1.85. The Balaban J connectivity index is 1.54. The fourth-order valence-corrected chi connectivity index (χ4v) is 1.85. The lowest BCUT2D eigenvalue weighted by Gasteiger charge is -2.06. The highest BCUT2D eigenvalue weighted by Gasteiger charge is 2.06. The summed E-state index contributed by atoms with van der Waals surface area (Å²) in [5, 5.41) is 5.86. The van der Waals surface area contributed by atoms with Gasteiger partial charge in [0.15, 0.2) is 11.5 Å². The van der Waals surface area contributed by atoms with Gasteiger partial charge in [0.1, 0.15) is 11.8 Å². The summed E-state index contributed by atoms with van der Waals surface area (Å²) in [7, 11) is 0. The molecule has 21 heavy (non-hydrogen) atoms. The van der Waals surface area contributed by atoms with E-state index in [0.29, 0.717) is 30.1 Å². The van der Waals surface area contributed by atoms with E-state index in [2.05, 4.69) is 35.6 Å². The van der Waals surface area contributed by atoms with Gasteiger partial charge in [-0.05, 0) is 12.1 Å². The predicted molar refractivity (Wildman–Crippen MR) is 77.7 cm³/mol. The molecule has 3 N–H and O–H groups in total. The van der Waals surface area contributed by atoms with Crippen LogP contribution >= 0.6 is 0 Å². The first-order valence-electron chi connectivity index (χ1n) is 6.41. The Labute approximate surface area is 120 Å². The molecule has 0 aromatic carbocycles. The molecule has 0 aliphatic carbocycles. The lowest BCUT2D eigenvalue weighted by atomic mass is 10.3. The molecular formula is C13H13N7O. The van der Waals surface area contributed by atoms with Crippen molar-refractivity contribution >= 4 is 28.6 Å². The van der Waals surface area contributed by atoms with E-state index in [1.54, 1.807) is 30.9 Å². The summed E-state index contributed by atoms with van der Waals surface area (Å²) in [6, 6.07) is 3.56. The Hall–Kier alpha value is -3.03. The highest BCUT2D eigenvalue weighted by atomic mass is 16.1. The van der Waals surface area contributed by atoms with Crippen molar-refractivity contribution in [3.8, 4) is 0 Å². The number of fused-ring (bicyclic) bond motifs is 1. The van der Waals surface area contributed by atoms with E-state index in [1.807, 2.05) is 0 Å². The minimum absolute atomic E-state index is 0.0922. The van der Waals surface area contributed by atoms with E-state index in [4.69, 9.17) is 0 Å². The number of carbonyl (C=O) groups excluding carboxylic acids is 1. The summed E-state index contributed by atoms with van der Waals surface area (Å²) >= 11 is 0. The second-order valence-electron chi connectivity index (χ2n) is 4.29. The van der Waals surface area contributed by atoms with Crippen LogP contribution in [-0.4, -0.2) is 37.4 Å². The fraction of sp³-hybridized carbons (Fsp3) is 0.154. The number of amides is 1. The standard InChI is InChI=1S/C13H13N7O/c21-10(20-9-2-1-4-14-6-9)3-5-15-12-11-13(17-7-16-11)19-8-18-12/h1-2,4,6-8H,3,5H2,(H,20,21)(H2,15,16,17,18,19). The second-order valence-corrected chi connectivity index (χ2v) is 4.29. The highest BCUT2D eigenvalue weighted by Crippen LogP contribution is 2.14. The van der Waals surface area contributed by atoms with Crippen LogP contribution in [0.1, 0.15) is 6.42 Å². The van der Waals surface area contributed by atoms with Crippen molar-refractivity contribution in [2.24, 2.45) is 0 Å². The molecule has 0 fully saturated rings. The highest BCUT2D eigenvalue weighted by molar-refractivity contribution is 5.91. The van der Waals surface area contributed by atoms with Gasteiger partial charge in [-0.25, -0.2) is 15.0 Å². The number of H-pyrrole nitrogens is 1. The van der Waals surface area contributed by atoms with Gasteiger partial charge in [0.25, 0.3) is 0 Å². The van der Waals surface area contributed by atoms with Crippen LogP contribution in [-0.2, 0) is 4.79 Å². The van der Waals surface area contributed by atoms with Gasteiger partial charge >= 0.3 is 0 Å². The van der Waals surface area contributed by atoms with Gasteiger partial charge in [0.05, 0.1) is 18.2 Å². The lowest BCUT2D eigenvalue weighted by Crippen LogP contribution is -2.16. The average Bonchev–Trinajstić information content (AvgIpc) is 2.97. The van der Waals surface area contributed by atoms with Gasteiger partial charge in [-0.1, -0.05) is 0 Å². The first kappa shape index (κ1) is 13.0. The molecule has 8 heteroatoms. The van der Waals surface area contributed by atoms with Crippen LogP contribution < -0.4 is 10.6 Å². The van der Waals surface area contributed by atoms with Crippen molar-refractivity contribution < 1.29 is 4.79 Å². The molecule has 0 atom stereocenters. The number of imidazole rings is 1. The molecule has 0 aliphatic rings. The van der Waals surface area contributed by atoms with Crippen LogP contribution in [0.3, 0.4) is 0 Å². The molecule has 106 valence electrons. The molecule has 0 bridgehead atoms. The van der Waals surface area contributed by atoms with E-state index in [9.17, 15) is 4.79 Å². The molecule has 0 aliphatic heterocycles. The number of aromatic amines is 1. The smallest absolute Gasteiger partial charge is 0.226 e. The zero-order valence-electron chi connectivity index (χ0n) is 11.1. The van der Waals surface area contributed by atoms with E-state index < -0.39 is 0 Å². The number of pyridine rings is 1. The molecule has 0 radical (unpaired) electrons. The quantitative estimate of drug-likeness (QED) is 0.649. The summed E-state index contributed by atoms with van der Waals surface area (Å²) in [4.78, 5) is 30.9. The van der Waals surface area contributed by atoms with Crippen LogP contribution in [0, 0.1) is 0 Å². The largest absolute Gasteiger partial charge is 0.368 e. The molecule has 3 aromatic rings. The first-order chi connectivity index (χ1) is 10.3. The Morgan fingerprint density at radius 1 is 1.29 bits per heavy atom. The topological polar surface area (TPSA) is 108 Å². The summed E-state index contributed by atoms with van der Waals surface area (Å²) in [5.74, 6) is 0.539. The van der Waals surface area contributed by atoms with Gasteiger partial charge < -0.3 is 15.6 Å². The number of hydrogen-bond acceptors (Lipinski definition) is 6. The molecule has 3 aromatic heterocycles. The number of aromatic nitrogens is 5.